The minimum atomic E-state index is -1.16. The topological polar surface area (TPSA) is 121 Å². The van der Waals surface area contributed by atoms with Gasteiger partial charge in [-0.15, -0.1) is 0 Å². The van der Waals surface area contributed by atoms with E-state index in [0.717, 1.165) is 0 Å². The predicted molar refractivity (Wildman–Crippen MR) is 81.5 cm³/mol. The molecule has 4 atom stereocenters. The van der Waals surface area contributed by atoms with Crippen LogP contribution in [-0.2, 0) is 9.47 Å². The number of fused-ring (bicyclic) bond motifs is 1. The summed E-state index contributed by atoms with van der Waals surface area (Å²) < 4.78 is 16.6. The van der Waals surface area contributed by atoms with Crippen molar-refractivity contribution < 1.29 is 29.2 Å². The lowest BCUT2D eigenvalue weighted by atomic mass is 10.0. The van der Waals surface area contributed by atoms with Gasteiger partial charge < -0.3 is 34.1 Å². The van der Waals surface area contributed by atoms with Crippen LogP contribution < -0.4 is 4.90 Å². The lowest BCUT2D eigenvalue weighted by Gasteiger charge is -2.27. The number of hydrogen-bond donors (Lipinski definition) is 3. The molecule has 3 N–H and O–H groups in total. The van der Waals surface area contributed by atoms with Gasteiger partial charge in [-0.3, -0.25) is 0 Å². The summed E-state index contributed by atoms with van der Waals surface area (Å²) in [6.45, 7) is 2.27. The summed E-state index contributed by atoms with van der Waals surface area (Å²) in [6, 6.07) is 0. The maximum atomic E-state index is 10.2. The van der Waals surface area contributed by atoms with Crippen LogP contribution in [0.25, 0.3) is 11.1 Å². The van der Waals surface area contributed by atoms with Gasteiger partial charge in [0.1, 0.15) is 36.3 Å². The van der Waals surface area contributed by atoms with Gasteiger partial charge in [0.25, 0.3) is 0 Å². The van der Waals surface area contributed by atoms with Gasteiger partial charge in [-0.05, 0) is 0 Å². The molecule has 0 amide bonds. The van der Waals surface area contributed by atoms with E-state index in [9.17, 15) is 15.3 Å². The fourth-order valence-electron chi connectivity index (χ4n) is 3.22. The van der Waals surface area contributed by atoms with Gasteiger partial charge in [0.05, 0.1) is 26.1 Å². The predicted octanol–water partition coefficient (Wildman–Crippen LogP) is -0.787. The molecule has 2 aromatic rings. The average Bonchev–Trinajstić information content (AvgIpc) is 3.17. The lowest BCUT2D eigenvalue weighted by Crippen LogP contribution is -2.36. The van der Waals surface area contributed by atoms with E-state index in [4.69, 9.17) is 13.9 Å². The second-order valence-electron chi connectivity index (χ2n) is 5.92. The van der Waals surface area contributed by atoms with Crippen LogP contribution in [0.3, 0.4) is 0 Å². The molecule has 2 fully saturated rings. The van der Waals surface area contributed by atoms with Crippen molar-refractivity contribution in [3.8, 4) is 0 Å². The number of aliphatic hydroxyl groups is 3. The minimum absolute atomic E-state index is 0.376. The molecule has 4 heterocycles. The van der Waals surface area contributed by atoms with E-state index in [1.165, 1.54) is 12.6 Å². The van der Waals surface area contributed by atoms with Crippen molar-refractivity contribution in [1.29, 1.82) is 0 Å². The van der Waals surface area contributed by atoms with Crippen LogP contribution in [0.4, 0.5) is 5.82 Å². The van der Waals surface area contributed by atoms with E-state index in [-0.39, 0.29) is 6.61 Å². The molecule has 0 aliphatic carbocycles. The maximum Gasteiger partial charge on any atom is 0.195 e. The van der Waals surface area contributed by atoms with Crippen LogP contribution in [0, 0.1) is 0 Å². The molecule has 0 aromatic carbocycles. The zero-order valence-electron chi connectivity index (χ0n) is 12.9. The van der Waals surface area contributed by atoms with Crippen molar-refractivity contribution in [2.24, 2.45) is 0 Å². The average molecular weight is 337 g/mol. The second-order valence-corrected chi connectivity index (χ2v) is 5.92. The number of aliphatic hydroxyl groups excluding tert-OH is 3. The molecular formula is C15H19N3O6. The van der Waals surface area contributed by atoms with Gasteiger partial charge in [0.2, 0.25) is 0 Å². The number of morpholine rings is 1. The fourth-order valence-corrected chi connectivity index (χ4v) is 3.22. The molecule has 2 aliphatic heterocycles. The van der Waals surface area contributed by atoms with E-state index in [1.807, 2.05) is 0 Å². The first-order chi connectivity index (χ1) is 11.7. The van der Waals surface area contributed by atoms with E-state index < -0.39 is 24.4 Å². The summed E-state index contributed by atoms with van der Waals surface area (Å²) >= 11 is 0. The second kappa shape index (κ2) is 6.26. The van der Waals surface area contributed by atoms with Crippen molar-refractivity contribution in [3.05, 3.63) is 18.2 Å². The Kier molecular flexibility index (Phi) is 4.10. The normalized spacial score (nSPS) is 31.0. The Morgan fingerprint density at radius 2 is 1.96 bits per heavy atom. The van der Waals surface area contributed by atoms with E-state index in [0.29, 0.717) is 48.8 Å². The number of anilines is 1. The summed E-state index contributed by atoms with van der Waals surface area (Å²) in [4.78, 5) is 10.6. The van der Waals surface area contributed by atoms with Gasteiger partial charge in [0.15, 0.2) is 11.4 Å². The quantitative estimate of drug-likeness (QED) is 0.661. The van der Waals surface area contributed by atoms with Crippen molar-refractivity contribution in [2.75, 3.05) is 37.8 Å². The standard InChI is InChI=1S/C15H19N3O6/c19-5-9-11(20)12(21)13(24-9)8-6-23-14-10(8)16-7-17-15(14)18-1-3-22-4-2-18/h6-7,9,11-13,19-21H,1-5H2/t9-,11-,12-,13+/m1/s1. The van der Waals surface area contributed by atoms with Gasteiger partial charge in [-0.2, -0.15) is 0 Å². The Balaban J connectivity index is 1.71. The van der Waals surface area contributed by atoms with Crippen LogP contribution in [0.1, 0.15) is 11.7 Å². The van der Waals surface area contributed by atoms with E-state index in [1.54, 1.807) is 0 Å². The van der Waals surface area contributed by atoms with E-state index >= 15 is 0 Å². The minimum Gasteiger partial charge on any atom is -0.458 e. The smallest absolute Gasteiger partial charge is 0.195 e. The molecule has 2 aliphatic rings. The third-order valence-electron chi connectivity index (χ3n) is 4.52. The number of aromatic nitrogens is 2. The first kappa shape index (κ1) is 15.7. The molecule has 4 rings (SSSR count). The van der Waals surface area contributed by atoms with Crippen LogP contribution in [0.5, 0.6) is 0 Å². The van der Waals surface area contributed by atoms with Crippen LogP contribution >= 0.6 is 0 Å². The summed E-state index contributed by atoms with van der Waals surface area (Å²) in [7, 11) is 0. The van der Waals surface area contributed by atoms with Crippen LogP contribution in [0.2, 0.25) is 0 Å². The first-order valence-electron chi connectivity index (χ1n) is 7.88. The maximum absolute atomic E-state index is 10.2. The van der Waals surface area contributed by atoms with Gasteiger partial charge >= 0.3 is 0 Å². The highest BCUT2D eigenvalue weighted by molar-refractivity contribution is 5.86. The van der Waals surface area contributed by atoms with Crippen molar-refractivity contribution >= 4 is 16.9 Å². The highest BCUT2D eigenvalue weighted by Gasteiger charge is 2.44. The number of rotatable bonds is 3. The van der Waals surface area contributed by atoms with Crippen LogP contribution in [0.15, 0.2) is 17.0 Å². The van der Waals surface area contributed by atoms with Crippen LogP contribution in [-0.4, -0.2) is 76.5 Å². The third kappa shape index (κ3) is 2.45. The summed E-state index contributed by atoms with van der Waals surface area (Å²) in [5.74, 6) is 0.668. The molecule has 0 spiro atoms. The molecule has 9 nitrogen and oxygen atoms in total. The number of ether oxygens (including phenoxy) is 2. The van der Waals surface area contributed by atoms with E-state index in [2.05, 4.69) is 14.9 Å². The molecule has 0 unspecified atom stereocenters. The number of nitrogens with zero attached hydrogens (tertiary/aromatic N) is 3. The molecule has 2 aromatic heterocycles. The highest BCUT2D eigenvalue weighted by atomic mass is 16.6. The molecule has 9 heteroatoms. The highest BCUT2D eigenvalue weighted by Crippen LogP contribution is 2.38. The summed E-state index contributed by atoms with van der Waals surface area (Å²) in [5, 5.41) is 29.4. The molecule has 0 bridgehead atoms. The first-order valence-corrected chi connectivity index (χ1v) is 7.88. The Morgan fingerprint density at radius 3 is 2.67 bits per heavy atom. The molecular weight excluding hydrogens is 318 g/mol. The SMILES string of the molecule is OC[C@H]1O[C@@H](c2coc3c(N4CCOCC4)ncnc23)[C@H](O)[C@@H]1O. The monoisotopic (exact) mass is 337 g/mol. The fraction of sp³-hybridized carbons (Fsp3) is 0.600. The number of hydrogen-bond acceptors (Lipinski definition) is 9. The van der Waals surface area contributed by atoms with Crippen molar-refractivity contribution in [1.82, 2.24) is 9.97 Å². The van der Waals surface area contributed by atoms with Gasteiger partial charge in [0, 0.05) is 18.7 Å². The lowest BCUT2D eigenvalue weighted by molar-refractivity contribution is -0.0226. The Bertz CT molecular complexity index is 716. The van der Waals surface area contributed by atoms with Gasteiger partial charge in [-0.25, -0.2) is 9.97 Å². The Morgan fingerprint density at radius 1 is 1.17 bits per heavy atom. The molecule has 130 valence electrons. The van der Waals surface area contributed by atoms with Crippen molar-refractivity contribution in [3.63, 3.8) is 0 Å². The zero-order valence-corrected chi connectivity index (χ0v) is 12.9. The molecule has 24 heavy (non-hydrogen) atoms. The summed E-state index contributed by atoms with van der Waals surface area (Å²) in [6.07, 6.45) is -1.08. The molecule has 2 saturated heterocycles. The molecule has 0 saturated carbocycles. The Hall–Kier alpha value is -1.78. The largest absolute Gasteiger partial charge is 0.458 e. The van der Waals surface area contributed by atoms with Crippen molar-refractivity contribution in [2.45, 2.75) is 24.4 Å². The number of furan rings is 1. The third-order valence-corrected chi connectivity index (χ3v) is 4.52. The van der Waals surface area contributed by atoms with Gasteiger partial charge in [-0.1, -0.05) is 0 Å². The zero-order chi connectivity index (χ0) is 16.7. The summed E-state index contributed by atoms with van der Waals surface area (Å²) in [5.41, 5.74) is 1.57. The molecule has 0 radical (unpaired) electrons. The Labute approximate surface area is 137 Å².